The second-order valence-electron chi connectivity index (χ2n) is 7.62. The van der Waals surface area contributed by atoms with Crippen LogP contribution in [0.2, 0.25) is 0 Å². The van der Waals surface area contributed by atoms with E-state index in [2.05, 4.69) is 0 Å². The van der Waals surface area contributed by atoms with Gasteiger partial charge in [0.15, 0.2) is 0 Å². The SMILES string of the molecule is COc1ccc(C2C(=C(O)c3ccccc3)C(=O)C(=O)N2CCCN(C)C)c(OC)c1. The molecule has 2 aromatic carbocycles. The maximum Gasteiger partial charge on any atom is 0.295 e. The molecule has 1 saturated heterocycles. The van der Waals surface area contributed by atoms with E-state index in [0.29, 0.717) is 35.6 Å². The van der Waals surface area contributed by atoms with Crippen molar-refractivity contribution in [2.45, 2.75) is 12.5 Å². The number of hydrogen-bond donors (Lipinski definition) is 1. The molecule has 3 rings (SSSR count). The summed E-state index contributed by atoms with van der Waals surface area (Å²) in [5.74, 6) is -0.457. The lowest BCUT2D eigenvalue weighted by Gasteiger charge is -2.27. The lowest BCUT2D eigenvalue weighted by atomic mass is 9.94. The van der Waals surface area contributed by atoms with Crippen molar-refractivity contribution in [3.05, 3.63) is 65.2 Å². The van der Waals surface area contributed by atoms with Gasteiger partial charge in [0.05, 0.1) is 25.8 Å². The lowest BCUT2D eigenvalue weighted by molar-refractivity contribution is -0.140. The smallest absolute Gasteiger partial charge is 0.295 e. The summed E-state index contributed by atoms with van der Waals surface area (Å²) in [6, 6.07) is 13.2. The number of amides is 1. The number of aliphatic hydroxyl groups is 1. The van der Waals surface area contributed by atoms with E-state index in [-0.39, 0.29) is 11.3 Å². The van der Waals surface area contributed by atoms with E-state index in [9.17, 15) is 14.7 Å². The van der Waals surface area contributed by atoms with Gasteiger partial charge in [-0.25, -0.2) is 0 Å². The first-order valence-electron chi connectivity index (χ1n) is 10.1. The summed E-state index contributed by atoms with van der Waals surface area (Å²) >= 11 is 0. The molecule has 0 spiro atoms. The van der Waals surface area contributed by atoms with Crippen molar-refractivity contribution < 1.29 is 24.2 Å². The van der Waals surface area contributed by atoms with Crippen molar-refractivity contribution >= 4 is 17.4 Å². The summed E-state index contributed by atoms with van der Waals surface area (Å²) in [5, 5.41) is 11.0. The number of Topliss-reactive ketones (excluding diaryl/α,β-unsaturated/α-hetero) is 1. The Kier molecular flexibility index (Phi) is 6.97. The van der Waals surface area contributed by atoms with Gasteiger partial charge in [0.2, 0.25) is 0 Å². The molecule has 0 aliphatic carbocycles. The summed E-state index contributed by atoms with van der Waals surface area (Å²) in [6.45, 7) is 1.13. The predicted molar refractivity (Wildman–Crippen MR) is 118 cm³/mol. The van der Waals surface area contributed by atoms with E-state index in [0.717, 1.165) is 6.54 Å². The molecule has 1 unspecified atom stereocenters. The molecule has 1 N–H and O–H groups in total. The molecular weight excluding hydrogens is 396 g/mol. The largest absolute Gasteiger partial charge is 0.507 e. The highest BCUT2D eigenvalue weighted by molar-refractivity contribution is 6.46. The average Bonchev–Trinajstić information content (AvgIpc) is 3.03. The van der Waals surface area contributed by atoms with Gasteiger partial charge in [0.1, 0.15) is 17.3 Å². The van der Waals surface area contributed by atoms with Crippen LogP contribution in [0.1, 0.15) is 23.6 Å². The van der Waals surface area contributed by atoms with Crippen LogP contribution in [-0.4, -0.2) is 68.0 Å². The summed E-state index contributed by atoms with van der Waals surface area (Å²) in [4.78, 5) is 29.6. The Bertz CT molecular complexity index is 985. The van der Waals surface area contributed by atoms with Gasteiger partial charge in [-0.05, 0) is 39.2 Å². The van der Waals surface area contributed by atoms with Gasteiger partial charge in [-0.15, -0.1) is 0 Å². The number of likely N-dealkylation sites (tertiary alicyclic amines) is 1. The van der Waals surface area contributed by atoms with Crippen LogP contribution in [0, 0.1) is 0 Å². The minimum Gasteiger partial charge on any atom is -0.507 e. The van der Waals surface area contributed by atoms with Gasteiger partial charge in [0.25, 0.3) is 11.7 Å². The molecule has 1 aliphatic heterocycles. The van der Waals surface area contributed by atoms with E-state index >= 15 is 0 Å². The first-order valence-corrected chi connectivity index (χ1v) is 10.1. The number of ether oxygens (including phenoxy) is 2. The molecule has 1 heterocycles. The predicted octanol–water partition coefficient (Wildman–Crippen LogP) is 3.08. The molecule has 1 atom stereocenters. The fourth-order valence-corrected chi connectivity index (χ4v) is 3.79. The van der Waals surface area contributed by atoms with Gasteiger partial charge in [-0.1, -0.05) is 30.3 Å². The maximum absolute atomic E-state index is 13.0. The van der Waals surface area contributed by atoms with Crippen LogP contribution in [0.3, 0.4) is 0 Å². The average molecular weight is 424 g/mol. The minimum atomic E-state index is -0.761. The Morgan fingerprint density at radius 1 is 1.06 bits per heavy atom. The van der Waals surface area contributed by atoms with E-state index in [1.807, 2.05) is 25.1 Å². The van der Waals surface area contributed by atoms with Gasteiger partial charge >= 0.3 is 0 Å². The first kappa shape index (κ1) is 22.4. The molecule has 164 valence electrons. The standard InChI is InChI=1S/C24H28N2O5/c1-25(2)13-8-14-26-21(18-12-11-17(30-3)15-19(18)31-4)20(23(28)24(26)29)22(27)16-9-6-5-7-10-16/h5-7,9-12,15,21,27H,8,13-14H2,1-4H3. The van der Waals surface area contributed by atoms with Crippen molar-refractivity contribution in [1.82, 2.24) is 9.80 Å². The van der Waals surface area contributed by atoms with Gasteiger partial charge in [0, 0.05) is 23.7 Å². The van der Waals surface area contributed by atoms with Crippen molar-refractivity contribution in [1.29, 1.82) is 0 Å². The highest BCUT2D eigenvalue weighted by Crippen LogP contribution is 2.43. The number of methoxy groups -OCH3 is 2. The Balaban J connectivity index is 2.15. The normalized spacial score (nSPS) is 18.0. The van der Waals surface area contributed by atoms with E-state index in [1.165, 1.54) is 12.0 Å². The second kappa shape index (κ2) is 9.66. The number of ketones is 1. The van der Waals surface area contributed by atoms with Crippen LogP contribution in [0.25, 0.3) is 5.76 Å². The monoisotopic (exact) mass is 424 g/mol. The molecule has 0 radical (unpaired) electrons. The molecule has 1 amide bonds. The molecule has 0 aromatic heterocycles. The zero-order valence-corrected chi connectivity index (χ0v) is 18.3. The van der Waals surface area contributed by atoms with E-state index in [4.69, 9.17) is 9.47 Å². The molecule has 0 bridgehead atoms. The third kappa shape index (κ3) is 4.56. The molecule has 31 heavy (non-hydrogen) atoms. The number of rotatable bonds is 8. The van der Waals surface area contributed by atoms with Crippen LogP contribution in [0.15, 0.2) is 54.1 Å². The molecule has 7 nitrogen and oxygen atoms in total. The quantitative estimate of drug-likeness (QED) is 0.399. The maximum atomic E-state index is 13.0. The van der Waals surface area contributed by atoms with Crippen molar-refractivity contribution in [3.63, 3.8) is 0 Å². The Morgan fingerprint density at radius 3 is 2.39 bits per heavy atom. The highest BCUT2D eigenvalue weighted by atomic mass is 16.5. The number of nitrogens with zero attached hydrogens (tertiary/aromatic N) is 2. The summed E-state index contributed by atoms with van der Waals surface area (Å²) in [5.41, 5.74) is 1.15. The topological polar surface area (TPSA) is 79.3 Å². The van der Waals surface area contributed by atoms with Crippen LogP contribution in [0.4, 0.5) is 0 Å². The Morgan fingerprint density at radius 2 is 1.77 bits per heavy atom. The zero-order chi connectivity index (χ0) is 22.5. The summed E-state index contributed by atoms with van der Waals surface area (Å²) in [6.07, 6.45) is 0.681. The fourth-order valence-electron chi connectivity index (χ4n) is 3.79. The van der Waals surface area contributed by atoms with Crippen molar-refractivity contribution in [3.8, 4) is 11.5 Å². The molecule has 1 fully saturated rings. The number of hydrogen-bond acceptors (Lipinski definition) is 6. The third-order valence-electron chi connectivity index (χ3n) is 5.33. The van der Waals surface area contributed by atoms with Crippen LogP contribution >= 0.6 is 0 Å². The fraction of sp³-hybridized carbons (Fsp3) is 0.333. The summed E-state index contributed by atoms with van der Waals surface area (Å²) in [7, 11) is 6.98. The minimum absolute atomic E-state index is 0.0597. The number of carbonyl (C=O) groups excluding carboxylic acids is 2. The van der Waals surface area contributed by atoms with Gasteiger partial charge in [-0.2, -0.15) is 0 Å². The van der Waals surface area contributed by atoms with Crippen molar-refractivity contribution in [2.24, 2.45) is 0 Å². The summed E-state index contributed by atoms with van der Waals surface area (Å²) < 4.78 is 10.8. The van der Waals surface area contributed by atoms with Gasteiger partial charge in [-0.3, -0.25) is 9.59 Å². The van der Waals surface area contributed by atoms with Crippen LogP contribution in [0.5, 0.6) is 11.5 Å². The third-order valence-corrected chi connectivity index (χ3v) is 5.33. The van der Waals surface area contributed by atoms with Crippen molar-refractivity contribution in [2.75, 3.05) is 41.4 Å². The zero-order valence-electron chi connectivity index (χ0n) is 18.3. The first-order chi connectivity index (χ1) is 14.9. The van der Waals surface area contributed by atoms with Crippen LogP contribution in [-0.2, 0) is 9.59 Å². The second-order valence-corrected chi connectivity index (χ2v) is 7.62. The molecule has 1 aliphatic rings. The van der Waals surface area contributed by atoms with Gasteiger partial charge < -0.3 is 24.4 Å². The molecule has 2 aromatic rings. The van der Waals surface area contributed by atoms with E-state index in [1.54, 1.807) is 49.6 Å². The Labute approximate surface area is 182 Å². The van der Waals surface area contributed by atoms with Crippen LogP contribution < -0.4 is 9.47 Å². The lowest BCUT2D eigenvalue weighted by Crippen LogP contribution is -2.32. The molecule has 7 heteroatoms. The van der Waals surface area contributed by atoms with E-state index < -0.39 is 17.7 Å². The molecular formula is C24H28N2O5. The molecule has 0 saturated carbocycles. The highest BCUT2D eigenvalue weighted by Gasteiger charge is 2.46. The number of carbonyl (C=O) groups is 2. The number of benzene rings is 2. The Hall–Kier alpha value is -3.32. The number of aliphatic hydroxyl groups excluding tert-OH is 1.